The van der Waals surface area contributed by atoms with Gasteiger partial charge < -0.3 is 20.3 Å². The Hall–Kier alpha value is -0.160. The molecule has 1 rings (SSSR count). The van der Waals surface area contributed by atoms with E-state index in [2.05, 4.69) is 5.32 Å². The summed E-state index contributed by atoms with van der Waals surface area (Å²) in [4.78, 5) is 0. The molecule has 15 heavy (non-hydrogen) atoms. The van der Waals surface area contributed by atoms with Gasteiger partial charge in [0, 0.05) is 6.54 Å². The number of rotatable bonds is 7. The molecular formula is C11H23NO3. The van der Waals surface area contributed by atoms with Crippen LogP contribution in [0.15, 0.2) is 0 Å². The third kappa shape index (κ3) is 5.47. The van der Waals surface area contributed by atoms with E-state index >= 15 is 0 Å². The van der Waals surface area contributed by atoms with Gasteiger partial charge in [-0.25, -0.2) is 0 Å². The summed E-state index contributed by atoms with van der Waals surface area (Å²) < 4.78 is 5.29. The minimum Gasteiger partial charge on any atom is -0.393 e. The standard InChI is InChI=1S/C11H23NO3/c1-8(2)15-7-11(14)6-12-5-9-3-10(13)4-9/h8-14H,3-7H2,1-2H3. The fraction of sp³-hybridized carbons (Fsp3) is 1.00. The molecule has 1 aliphatic carbocycles. The second-order valence-electron chi connectivity index (χ2n) is 4.69. The second-order valence-corrected chi connectivity index (χ2v) is 4.69. The second kappa shape index (κ2) is 6.43. The Morgan fingerprint density at radius 1 is 1.40 bits per heavy atom. The van der Waals surface area contributed by atoms with Crippen molar-refractivity contribution in [3.63, 3.8) is 0 Å². The highest BCUT2D eigenvalue weighted by Gasteiger charge is 2.26. The maximum Gasteiger partial charge on any atom is 0.0897 e. The van der Waals surface area contributed by atoms with Crippen LogP contribution in [0.2, 0.25) is 0 Å². The molecule has 3 N–H and O–H groups in total. The highest BCUT2D eigenvalue weighted by atomic mass is 16.5. The fourth-order valence-electron chi connectivity index (χ4n) is 1.68. The number of hydrogen-bond acceptors (Lipinski definition) is 4. The van der Waals surface area contributed by atoms with Crippen LogP contribution in [0.5, 0.6) is 0 Å². The van der Waals surface area contributed by atoms with Crippen molar-refractivity contribution in [2.75, 3.05) is 19.7 Å². The molecule has 1 fully saturated rings. The lowest BCUT2D eigenvalue weighted by Gasteiger charge is -2.31. The van der Waals surface area contributed by atoms with Gasteiger partial charge in [-0.3, -0.25) is 0 Å². The lowest BCUT2D eigenvalue weighted by molar-refractivity contribution is 0.00352. The Morgan fingerprint density at radius 2 is 2.07 bits per heavy atom. The Balaban J connectivity index is 1.90. The van der Waals surface area contributed by atoms with Gasteiger partial charge in [-0.05, 0) is 39.2 Å². The van der Waals surface area contributed by atoms with Crippen molar-refractivity contribution in [1.29, 1.82) is 0 Å². The van der Waals surface area contributed by atoms with Crippen molar-refractivity contribution in [3.05, 3.63) is 0 Å². The molecule has 1 unspecified atom stereocenters. The summed E-state index contributed by atoms with van der Waals surface area (Å²) in [5, 5.41) is 21.8. The first kappa shape index (κ1) is 12.9. The highest BCUT2D eigenvalue weighted by molar-refractivity contribution is 4.80. The molecule has 4 heteroatoms. The third-order valence-corrected chi connectivity index (χ3v) is 2.65. The van der Waals surface area contributed by atoms with Gasteiger partial charge in [-0.15, -0.1) is 0 Å². The summed E-state index contributed by atoms with van der Waals surface area (Å²) in [6, 6.07) is 0. The van der Waals surface area contributed by atoms with Gasteiger partial charge in [0.2, 0.25) is 0 Å². The number of aliphatic hydroxyl groups excluding tert-OH is 2. The molecule has 0 heterocycles. The Kier molecular flexibility index (Phi) is 5.53. The molecule has 0 aromatic carbocycles. The van der Waals surface area contributed by atoms with Crippen LogP contribution < -0.4 is 5.32 Å². The highest BCUT2D eigenvalue weighted by Crippen LogP contribution is 2.25. The van der Waals surface area contributed by atoms with E-state index in [1.54, 1.807) is 0 Å². The zero-order chi connectivity index (χ0) is 11.3. The first-order chi connectivity index (χ1) is 7.08. The van der Waals surface area contributed by atoms with E-state index in [4.69, 9.17) is 9.84 Å². The predicted octanol–water partition coefficient (Wildman–Crippen LogP) is 0.133. The predicted molar refractivity (Wildman–Crippen MR) is 58.7 cm³/mol. The Morgan fingerprint density at radius 3 is 2.60 bits per heavy atom. The van der Waals surface area contributed by atoms with Crippen molar-refractivity contribution in [2.24, 2.45) is 5.92 Å². The van der Waals surface area contributed by atoms with Crippen molar-refractivity contribution in [3.8, 4) is 0 Å². The number of ether oxygens (including phenoxy) is 1. The van der Waals surface area contributed by atoms with Gasteiger partial charge in [0.1, 0.15) is 0 Å². The van der Waals surface area contributed by atoms with Gasteiger partial charge in [0.15, 0.2) is 0 Å². The van der Waals surface area contributed by atoms with Gasteiger partial charge >= 0.3 is 0 Å². The van der Waals surface area contributed by atoms with Crippen LogP contribution in [0.25, 0.3) is 0 Å². The molecule has 0 radical (unpaired) electrons. The topological polar surface area (TPSA) is 61.7 Å². The average molecular weight is 217 g/mol. The van der Waals surface area contributed by atoms with E-state index in [-0.39, 0.29) is 12.2 Å². The fourth-order valence-corrected chi connectivity index (χ4v) is 1.68. The van der Waals surface area contributed by atoms with Crippen LogP contribution in [-0.4, -0.2) is 48.2 Å². The van der Waals surface area contributed by atoms with Crippen LogP contribution in [-0.2, 0) is 4.74 Å². The van der Waals surface area contributed by atoms with Crippen molar-refractivity contribution in [1.82, 2.24) is 5.32 Å². The van der Waals surface area contributed by atoms with E-state index < -0.39 is 6.10 Å². The smallest absolute Gasteiger partial charge is 0.0897 e. The van der Waals surface area contributed by atoms with Gasteiger partial charge in [-0.2, -0.15) is 0 Å². The van der Waals surface area contributed by atoms with Crippen molar-refractivity contribution in [2.45, 2.75) is 45.0 Å². The molecule has 0 amide bonds. The minimum absolute atomic E-state index is 0.0917. The summed E-state index contributed by atoms with van der Waals surface area (Å²) in [5.74, 6) is 0.582. The normalized spacial score (nSPS) is 27.8. The molecule has 0 bridgehead atoms. The number of nitrogens with one attached hydrogen (secondary N) is 1. The Bertz CT molecular complexity index is 169. The van der Waals surface area contributed by atoms with Crippen LogP contribution >= 0.6 is 0 Å². The maximum atomic E-state index is 9.52. The molecule has 1 saturated carbocycles. The van der Waals surface area contributed by atoms with Gasteiger partial charge in [-0.1, -0.05) is 0 Å². The summed E-state index contributed by atoms with van der Waals surface area (Å²) >= 11 is 0. The monoisotopic (exact) mass is 217 g/mol. The molecule has 0 aromatic rings. The van der Waals surface area contributed by atoms with Crippen LogP contribution in [0.4, 0.5) is 0 Å². The summed E-state index contributed by atoms with van der Waals surface area (Å²) in [6.45, 7) is 5.75. The van der Waals surface area contributed by atoms with E-state index in [0.717, 1.165) is 19.4 Å². The average Bonchev–Trinajstić information content (AvgIpc) is 2.12. The molecule has 0 aliphatic heterocycles. The summed E-state index contributed by atoms with van der Waals surface area (Å²) in [6.07, 6.45) is 1.43. The zero-order valence-electron chi connectivity index (χ0n) is 9.65. The van der Waals surface area contributed by atoms with Crippen LogP contribution in [0, 0.1) is 5.92 Å². The first-order valence-corrected chi connectivity index (χ1v) is 5.76. The molecule has 1 atom stereocenters. The lowest BCUT2D eigenvalue weighted by atomic mass is 9.82. The van der Waals surface area contributed by atoms with E-state index in [0.29, 0.717) is 19.1 Å². The maximum absolute atomic E-state index is 9.52. The molecule has 1 aliphatic rings. The van der Waals surface area contributed by atoms with Crippen LogP contribution in [0.3, 0.4) is 0 Å². The van der Waals surface area contributed by atoms with Gasteiger partial charge in [0.25, 0.3) is 0 Å². The van der Waals surface area contributed by atoms with Crippen molar-refractivity contribution >= 4 is 0 Å². The number of aliphatic hydroxyl groups is 2. The van der Waals surface area contributed by atoms with Gasteiger partial charge in [0.05, 0.1) is 24.9 Å². The SMILES string of the molecule is CC(C)OCC(O)CNCC1CC(O)C1. The molecule has 0 spiro atoms. The van der Waals surface area contributed by atoms with E-state index in [1.165, 1.54) is 0 Å². The summed E-state index contributed by atoms with van der Waals surface area (Å²) in [7, 11) is 0. The zero-order valence-corrected chi connectivity index (χ0v) is 9.65. The third-order valence-electron chi connectivity index (χ3n) is 2.65. The van der Waals surface area contributed by atoms with E-state index in [1.807, 2.05) is 13.8 Å². The first-order valence-electron chi connectivity index (χ1n) is 5.76. The molecule has 90 valence electrons. The Labute approximate surface area is 91.6 Å². The lowest BCUT2D eigenvalue weighted by Crippen LogP contribution is -2.39. The number of hydrogen-bond donors (Lipinski definition) is 3. The minimum atomic E-state index is -0.433. The quantitative estimate of drug-likeness (QED) is 0.567. The molecule has 0 aromatic heterocycles. The van der Waals surface area contributed by atoms with Crippen molar-refractivity contribution < 1.29 is 14.9 Å². The van der Waals surface area contributed by atoms with Crippen LogP contribution in [0.1, 0.15) is 26.7 Å². The largest absolute Gasteiger partial charge is 0.393 e. The molecular weight excluding hydrogens is 194 g/mol. The molecule has 0 saturated heterocycles. The van der Waals surface area contributed by atoms with E-state index in [9.17, 15) is 5.11 Å². The molecule has 4 nitrogen and oxygen atoms in total. The summed E-state index contributed by atoms with van der Waals surface area (Å²) in [5.41, 5.74) is 0.